The molecule has 0 unspecified atom stereocenters. The van der Waals surface area contributed by atoms with Gasteiger partial charge in [-0.25, -0.2) is 0 Å². The molecule has 0 bridgehead atoms. The van der Waals surface area contributed by atoms with Crippen LogP contribution in [0, 0.1) is 0 Å². The van der Waals surface area contributed by atoms with E-state index in [1.54, 1.807) is 6.07 Å². The number of rotatable bonds is 6. The molecule has 2 aromatic rings. The average Bonchev–Trinajstić information content (AvgIpc) is 2.65. The molecule has 1 heterocycles. The summed E-state index contributed by atoms with van der Waals surface area (Å²) in [5.74, 6) is 0.481. The van der Waals surface area contributed by atoms with Crippen LogP contribution in [-0.2, 0) is 4.79 Å². The molecule has 5 heteroatoms. The number of pyridine rings is 1. The summed E-state index contributed by atoms with van der Waals surface area (Å²) in [6, 6.07) is 9.74. The second-order valence-corrected chi connectivity index (χ2v) is 6.80. The number of hydrogen-bond donors (Lipinski definition) is 1. The maximum Gasteiger partial charge on any atom is 0.290 e. The zero-order chi connectivity index (χ0) is 17.6. The SMILES string of the molecule is CN(C(=O)CCCOc1cc2ccccc2[nH]c1=O)C1CCCCC1. The van der Waals surface area contributed by atoms with E-state index in [0.29, 0.717) is 31.2 Å². The Balaban J connectivity index is 1.49. The third kappa shape index (κ3) is 4.41. The molecule has 1 aliphatic rings. The van der Waals surface area contributed by atoms with E-state index in [9.17, 15) is 9.59 Å². The quantitative estimate of drug-likeness (QED) is 0.818. The lowest BCUT2D eigenvalue weighted by atomic mass is 9.94. The van der Waals surface area contributed by atoms with Gasteiger partial charge in [-0.15, -0.1) is 0 Å². The Morgan fingerprint density at radius 1 is 1.24 bits per heavy atom. The molecule has 3 rings (SSSR count). The number of hydrogen-bond acceptors (Lipinski definition) is 3. The van der Waals surface area contributed by atoms with Crippen molar-refractivity contribution in [3.63, 3.8) is 0 Å². The molecule has 1 N–H and O–H groups in total. The van der Waals surface area contributed by atoms with Crippen molar-refractivity contribution >= 4 is 16.8 Å². The van der Waals surface area contributed by atoms with Gasteiger partial charge in [-0.2, -0.15) is 0 Å². The zero-order valence-corrected chi connectivity index (χ0v) is 14.8. The lowest BCUT2D eigenvalue weighted by Gasteiger charge is -2.31. The largest absolute Gasteiger partial charge is 0.488 e. The Morgan fingerprint density at radius 2 is 2.00 bits per heavy atom. The molecule has 0 atom stereocenters. The fourth-order valence-electron chi connectivity index (χ4n) is 3.49. The number of nitrogens with zero attached hydrogens (tertiary/aromatic N) is 1. The number of carbonyl (C=O) groups excluding carboxylic acids is 1. The van der Waals surface area contributed by atoms with Gasteiger partial charge in [-0.05, 0) is 31.4 Å². The van der Waals surface area contributed by atoms with E-state index in [2.05, 4.69) is 4.98 Å². The maximum atomic E-state index is 12.3. The molecule has 1 amide bonds. The standard InChI is InChI=1S/C20H26N2O3/c1-22(16-9-3-2-4-10-16)19(23)12-7-13-25-18-14-15-8-5-6-11-17(15)21-20(18)24/h5-6,8,11,14,16H,2-4,7,9-10,12-13H2,1H3,(H,21,24). The summed E-state index contributed by atoms with van der Waals surface area (Å²) < 4.78 is 5.61. The summed E-state index contributed by atoms with van der Waals surface area (Å²) in [6.45, 7) is 0.367. The summed E-state index contributed by atoms with van der Waals surface area (Å²) in [5.41, 5.74) is 0.563. The topological polar surface area (TPSA) is 62.4 Å². The van der Waals surface area contributed by atoms with E-state index in [4.69, 9.17) is 4.74 Å². The number of nitrogens with one attached hydrogen (secondary N) is 1. The molecular weight excluding hydrogens is 316 g/mol. The van der Waals surface area contributed by atoms with Gasteiger partial charge in [-0.3, -0.25) is 9.59 Å². The Kier molecular flexibility index (Phi) is 5.74. The van der Waals surface area contributed by atoms with E-state index in [-0.39, 0.29) is 11.5 Å². The van der Waals surface area contributed by atoms with Crippen molar-refractivity contribution in [2.24, 2.45) is 0 Å². The van der Waals surface area contributed by atoms with Crippen molar-refractivity contribution < 1.29 is 9.53 Å². The molecule has 5 nitrogen and oxygen atoms in total. The third-order valence-corrected chi connectivity index (χ3v) is 5.03. The van der Waals surface area contributed by atoms with Gasteiger partial charge in [0, 0.05) is 30.4 Å². The van der Waals surface area contributed by atoms with Gasteiger partial charge in [-0.1, -0.05) is 37.5 Å². The highest BCUT2D eigenvalue weighted by Gasteiger charge is 2.21. The third-order valence-electron chi connectivity index (χ3n) is 5.03. The second-order valence-electron chi connectivity index (χ2n) is 6.80. The Labute approximate surface area is 148 Å². The van der Waals surface area contributed by atoms with Crippen LogP contribution >= 0.6 is 0 Å². The molecule has 1 aliphatic carbocycles. The fourth-order valence-corrected chi connectivity index (χ4v) is 3.49. The predicted molar refractivity (Wildman–Crippen MR) is 98.9 cm³/mol. The molecular formula is C20H26N2O3. The van der Waals surface area contributed by atoms with E-state index in [1.807, 2.05) is 36.2 Å². The van der Waals surface area contributed by atoms with Gasteiger partial charge in [0.25, 0.3) is 5.56 Å². The van der Waals surface area contributed by atoms with Crippen LogP contribution in [0.4, 0.5) is 0 Å². The van der Waals surface area contributed by atoms with Crippen LogP contribution in [0.25, 0.3) is 10.9 Å². The number of benzene rings is 1. The predicted octanol–water partition coefficient (Wildman–Crippen LogP) is 3.48. The number of aromatic amines is 1. The highest BCUT2D eigenvalue weighted by Crippen LogP contribution is 2.22. The lowest BCUT2D eigenvalue weighted by Crippen LogP contribution is -2.38. The summed E-state index contributed by atoms with van der Waals surface area (Å²) in [6.07, 6.45) is 7.02. The number of para-hydroxylation sites is 1. The van der Waals surface area contributed by atoms with Crippen LogP contribution in [0.1, 0.15) is 44.9 Å². The van der Waals surface area contributed by atoms with Gasteiger partial charge >= 0.3 is 0 Å². The molecule has 0 spiro atoms. The van der Waals surface area contributed by atoms with Crippen LogP contribution in [0.3, 0.4) is 0 Å². The van der Waals surface area contributed by atoms with E-state index < -0.39 is 0 Å². The van der Waals surface area contributed by atoms with Gasteiger partial charge in [0.15, 0.2) is 5.75 Å². The number of amides is 1. The number of ether oxygens (including phenoxy) is 1. The normalized spacial score (nSPS) is 15.2. The molecule has 1 saturated carbocycles. The summed E-state index contributed by atoms with van der Waals surface area (Å²) in [7, 11) is 1.91. The van der Waals surface area contributed by atoms with Crippen molar-refractivity contribution in [2.45, 2.75) is 51.0 Å². The summed E-state index contributed by atoms with van der Waals surface area (Å²) in [4.78, 5) is 29.0. The minimum atomic E-state index is -0.232. The first-order valence-corrected chi connectivity index (χ1v) is 9.15. The first kappa shape index (κ1) is 17.5. The maximum absolute atomic E-state index is 12.3. The van der Waals surface area contributed by atoms with Crippen molar-refractivity contribution in [3.05, 3.63) is 40.7 Å². The highest BCUT2D eigenvalue weighted by molar-refractivity contribution is 5.79. The fraction of sp³-hybridized carbons (Fsp3) is 0.500. The van der Waals surface area contributed by atoms with Gasteiger partial charge in [0.1, 0.15) is 0 Å². The van der Waals surface area contributed by atoms with Gasteiger partial charge < -0.3 is 14.6 Å². The minimum Gasteiger partial charge on any atom is -0.488 e. The number of carbonyl (C=O) groups is 1. The van der Waals surface area contributed by atoms with E-state index in [0.717, 1.165) is 23.7 Å². The van der Waals surface area contributed by atoms with Gasteiger partial charge in [0.2, 0.25) is 5.91 Å². The van der Waals surface area contributed by atoms with E-state index >= 15 is 0 Å². The van der Waals surface area contributed by atoms with Crippen molar-refractivity contribution in [1.29, 1.82) is 0 Å². The Hall–Kier alpha value is -2.30. The van der Waals surface area contributed by atoms with Crippen LogP contribution in [-0.4, -0.2) is 35.5 Å². The first-order chi connectivity index (χ1) is 12.1. The minimum absolute atomic E-state index is 0.169. The molecule has 0 aliphatic heterocycles. The smallest absolute Gasteiger partial charge is 0.290 e. The van der Waals surface area contributed by atoms with Crippen LogP contribution < -0.4 is 10.3 Å². The molecule has 1 aromatic carbocycles. The van der Waals surface area contributed by atoms with E-state index in [1.165, 1.54) is 19.3 Å². The lowest BCUT2D eigenvalue weighted by molar-refractivity contribution is -0.132. The van der Waals surface area contributed by atoms with Gasteiger partial charge in [0.05, 0.1) is 6.61 Å². The van der Waals surface area contributed by atoms with Crippen LogP contribution in [0.2, 0.25) is 0 Å². The van der Waals surface area contributed by atoms with Crippen molar-refractivity contribution in [3.8, 4) is 5.75 Å². The summed E-state index contributed by atoms with van der Waals surface area (Å²) >= 11 is 0. The molecule has 1 aromatic heterocycles. The number of aromatic nitrogens is 1. The summed E-state index contributed by atoms with van der Waals surface area (Å²) in [5, 5.41) is 0.935. The van der Waals surface area contributed by atoms with Crippen molar-refractivity contribution in [1.82, 2.24) is 9.88 Å². The Bertz CT molecular complexity index is 778. The highest BCUT2D eigenvalue weighted by atomic mass is 16.5. The first-order valence-electron chi connectivity index (χ1n) is 9.15. The molecule has 134 valence electrons. The van der Waals surface area contributed by atoms with Crippen LogP contribution in [0.5, 0.6) is 5.75 Å². The molecule has 0 saturated heterocycles. The Morgan fingerprint density at radius 3 is 2.80 bits per heavy atom. The molecule has 0 radical (unpaired) electrons. The number of fused-ring (bicyclic) bond motifs is 1. The van der Waals surface area contributed by atoms with Crippen LogP contribution in [0.15, 0.2) is 35.1 Å². The molecule has 25 heavy (non-hydrogen) atoms. The zero-order valence-electron chi connectivity index (χ0n) is 14.8. The average molecular weight is 342 g/mol. The number of H-pyrrole nitrogens is 1. The second kappa shape index (κ2) is 8.19. The van der Waals surface area contributed by atoms with Crippen molar-refractivity contribution in [2.75, 3.05) is 13.7 Å². The monoisotopic (exact) mass is 342 g/mol. The molecule has 1 fully saturated rings.